The van der Waals surface area contributed by atoms with E-state index in [1.54, 1.807) is 0 Å². The lowest BCUT2D eigenvalue weighted by Gasteiger charge is -2.31. The largest absolute Gasteiger partial charge is 0.352 e. The standard InChI is InChI=1S/C11H18ClNO/c12-9-6-1-2-7-10(9)13-11(14)8-4-3-5-8/h8-10H,1-7H2,(H,13,14). The summed E-state index contributed by atoms with van der Waals surface area (Å²) in [6, 6.07) is 0.235. The van der Waals surface area contributed by atoms with Gasteiger partial charge in [-0.15, -0.1) is 11.6 Å². The highest BCUT2D eigenvalue weighted by Gasteiger charge is 2.30. The first-order chi connectivity index (χ1) is 6.77. The van der Waals surface area contributed by atoms with Crippen LogP contribution in [-0.4, -0.2) is 17.3 Å². The number of amides is 1. The first-order valence-corrected chi connectivity index (χ1v) is 6.15. The lowest BCUT2D eigenvalue weighted by Crippen LogP contribution is -2.46. The van der Waals surface area contributed by atoms with E-state index in [2.05, 4.69) is 5.32 Å². The average Bonchev–Trinajstić information content (AvgIpc) is 2.05. The summed E-state index contributed by atoms with van der Waals surface area (Å²) in [5, 5.41) is 3.26. The van der Waals surface area contributed by atoms with Crippen LogP contribution in [0.1, 0.15) is 44.9 Å². The fourth-order valence-electron chi connectivity index (χ4n) is 2.22. The molecule has 0 heterocycles. The Kier molecular flexibility index (Phi) is 3.32. The van der Waals surface area contributed by atoms with Crippen LogP contribution in [0.5, 0.6) is 0 Å². The molecule has 2 unspecified atom stereocenters. The Hall–Kier alpha value is -0.240. The van der Waals surface area contributed by atoms with Gasteiger partial charge in [0.05, 0.1) is 5.38 Å². The SMILES string of the molecule is O=C(NC1CCCCC1Cl)C1CCC1. The second-order valence-electron chi connectivity index (χ2n) is 4.54. The normalized spacial score (nSPS) is 33.5. The fourth-order valence-corrected chi connectivity index (χ4v) is 2.56. The zero-order valence-electron chi connectivity index (χ0n) is 8.47. The number of halogens is 1. The van der Waals surface area contributed by atoms with Crippen LogP contribution in [0.25, 0.3) is 0 Å². The van der Waals surface area contributed by atoms with Crippen molar-refractivity contribution in [1.82, 2.24) is 5.32 Å². The minimum absolute atomic E-state index is 0.160. The Labute approximate surface area is 90.4 Å². The molecule has 2 aliphatic rings. The number of carbonyl (C=O) groups is 1. The fraction of sp³-hybridized carbons (Fsp3) is 0.909. The zero-order chi connectivity index (χ0) is 9.97. The van der Waals surface area contributed by atoms with Crippen molar-refractivity contribution in [2.24, 2.45) is 5.92 Å². The van der Waals surface area contributed by atoms with E-state index in [1.165, 1.54) is 19.3 Å². The van der Waals surface area contributed by atoms with Crippen LogP contribution >= 0.6 is 11.6 Å². The summed E-state index contributed by atoms with van der Waals surface area (Å²) in [4.78, 5) is 11.7. The van der Waals surface area contributed by atoms with Gasteiger partial charge in [0.1, 0.15) is 0 Å². The van der Waals surface area contributed by atoms with Crippen LogP contribution in [0.15, 0.2) is 0 Å². The average molecular weight is 216 g/mol. The van der Waals surface area contributed by atoms with Crippen LogP contribution in [-0.2, 0) is 4.79 Å². The molecular weight excluding hydrogens is 198 g/mol. The summed E-state index contributed by atoms with van der Waals surface area (Å²) in [6.07, 6.45) is 7.90. The van der Waals surface area contributed by atoms with Crippen molar-refractivity contribution in [3.8, 4) is 0 Å². The van der Waals surface area contributed by atoms with Gasteiger partial charge in [-0.2, -0.15) is 0 Å². The maximum Gasteiger partial charge on any atom is 0.223 e. The molecule has 80 valence electrons. The summed E-state index contributed by atoms with van der Waals surface area (Å²) in [5.41, 5.74) is 0. The van der Waals surface area contributed by atoms with Crippen molar-refractivity contribution in [3.63, 3.8) is 0 Å². The first-order valence-electron chi connectivity index (χ1n) is 5.72. The van der Waals surface area contributed by atoms with Crippen molar-refractivity contribution in [1.29, 1.82) is 0 Å². The lowest BCUT2D eigenvalue weighted by atomic mass is 9.84. The molecule has 1 N–H and O–H groups in total. The van der Waals surface area contributed by atoms with Crippen LogP contribution in [0.3, 0.4) is 0 Å². The summed E-state index contributed by atoms with van der Waals surface area (Å²) >= 11 is 6.18. The monoisotopic (exact) mass is 215 g/mol. The van der Waals surface area contributed by atoms with E-state index in [4.69, 9.17) is 11.6 Å². The molecule has 0 radical (unpaired) electrons. The number of hydrogen-bond acceptors (Lipinski definition) is 1. The molecule has 0 saturated heterocycles. The van der Waals surface area contributed by atoms with E-state index in [1.807, 2.05) is 0 Å². The molecule has 0 aromatic carbocycles. The minimum atomic E-state index is 0.160. The quantitative estimate of drug-likeness (QED) is 0.705. The third-order valence-electron chi connectivity index (χ3n) is 3.49. The highest BCUT2D eigenvalue weighted by molar-refractivity contribution is 6.21. The molecule has 0 spiro atoms. The molecule has 2 aliphatic carbocycles. The lowest BCUT2D eigenvalue weighted by molar-refractivity contribution is -0.128. The number of carbonyl (C=O) groups excluding carboxylic acids is 1. The molecular formula is C11H18ClNO. The van der Waals surface area contributed by atoms with Gasteiger partial charge in [-0.3, -0.25) is 4.79 Å². The Bertz CT molecular complexity index is 215. The predicted molar refractivity (Wildman–Crippen MR) is 57.4 cm³/mol. The van der Waals surface area contributed by atoms with Crippen LogP contribution in [0, 0.1) is 5.92 Å². The smallest absolute Gasteiger partial charge is 0.223 e. The highest BCUT2D eigenvalue weighted by atomic mass is 35.5. The third kappa shape index (κ3) is 2.22. The van der Waals surface area contributed by atoms with E-state index < -0.39 is 0 Å². The molecule has 1 amide bonds. The van der Waals surface area contributed by atoms with E-state index in [0.717, 1.165) is 25.7 Å². The van der Waals surface area contributed by atoms with Gasteiger partial charge in [0, 0.05) is 12.0 Å². The molecule has 2 rings (SSSR count). The summed E-state index contributed by atoms with van der Waals surface area (Å²) in [5.74, 6) is 0.537. The third-order valence-corrected chi connectivity index (χ3v) is 4.01. The topological polar surface area (TPSA) is 29.1 Å². The Morgan fingerprint density at radius 3 is 2.36 bits per heavy atom. The molecule has 2 saturated carbocycles. The van der Waals surface area contributed by atoms with Crippen LogP contribution in [0.4, 0.5) is 0 Å². The molecule has 2 nitrogen and oxygen atoms in total. The van der Waals surface area contributed by atoms with Gasteiger partial charge in [-0.05, 0) is 25.7 Å². The predicted octanol–water partition coefficient (Wildman–Crippen LogP) is 2.45. The van der Waals surface area contributed by atoms with Crippen LogP contribution in [0.2, 0.25) is 0 Å². The van der Waals surface area contributed by atoms with E-state index in [-0.39, 0.29) is 17.3 Å². The van der Waals surface area contributed by atoms with Gasteiger partial charge < -0.3 is 5.32 Å². The van der Waals surface area contributed by atoms with Crippen molar-refractivity contribution >= 4 is 17.5 Å². The molecule has 0 aromatic rings. The van der Waals surface area contributed by atoms with E-state index in [0.29, 0.717) is 5.92 Å². The highest BCUT2D eigenvalue weighted by Crippen LogP contribution is 2.28. The Balaban J connectivity index is 1.79. The molecule has 2 fully saturated rings. The number of alkyl halides is 1. The number of nitrogens with one attached hydrogen (secondary N) is 1. The summed E-state index contributed by atoms with van der Waals surface area (Å²) < 4.78 is 0. The minimum Gasteiger partial charge on any atom is -0.352 e. The van der Waals surface area contributed by atoms with Gasteiger partial charge in [0.2, 0.25) is 5.91 Å². The molecule has 0 bridgehead atoms. The van der Waals surface area contributed by atoms with Gasteiger partial charge in [0.15, 0.2) is 0 Å². The zero-order valence-corrected chi connectivity index (χ0v) is 9.22. The maximum atomic E-state index is 11.7. The summed E-state index contributed by atoms with van der Waals surface area (Å²) in [7, 11) is 0. The Morgan fingerprint density at radius 2 is 1.79 bits per heavy atom. The van der Waals surface area contributed by atoms with Gasteiger partial charge in [-0.1, -0.05) is 19.3 Å². The molecule has 14 heavy (non-hydrogen) atoms. The maximum absolute atomic E-state index is 11.7. The van der Waals surface area contributed by atoms with Crippen LogP contribution < -0.4 is 5.32 Å². The second kappa shape index (κ2) is 4.52. The van der Waals surface area contributed by atoms with Gasteiger partial charge >= 0.3 is 0 Å². The van der Waals surface area contributed by atoms with Crippen molar-refractivity contribution in [3.05, 3.63) is 0 Å². The molecule has 0 aliphatic heterocycles. The number of hydrogen-bond donors (Lipinski definition) is 1. The first kappa shape index (κ1) is 10.3. The Morgan fingerprint density at radius 1 is 1.07 bits per heavy atom. The number of rotatable bonds is 2. The van der Waals surface area contributed by atoms with Gasteiger partial charge in [-0.25, -0.2) is 0 Å². The molecule has 0 aromatic heterocycles. The van der Waals surface area contributed by atoms with E-state index >= 15 is 0 Å². The van der Waals surface area contributed by atoms with Crippen molar-refractivity contribution < 1.29 is 4.79 Å². The molecule has 2 atom stereocenters. The molecule has 3 heteroatoms. The van der Waals surface area contributed by atoms with Gasteiger partial charge in [0.25, 0.3) is 0 Å². The van der Waals surface area contributed by atoms with Crippen molar-refractivity contribution in [2.75, 3.05) is 0 Å². The van der Waals surface area contributed by atoms with Crippen molar-refractivity contribution in [2.45, 2.75) is 56.4 Å². The summed E-state index contributed by atoms with van der Waals surface area (Å²) in [6.45, 7) is 0. The second-order valence-corrected chi connectivity index (χ2v) is 5.10. The van der Waals surface area contributed by atoms with E-state index in [9.17, 15) is 4.79 Å².